The molecule has 0 fully saturated rings. The van der Waals surface area contributed by atoms with Gasteiger partial charge >= 0.3 is 0 Å². The molecule has 0 bridgehead atoms. The van der Waals surface area contributed by atoms with Crippen LogP contribution >= 0.6 is 11.6 Å². The molecule has 6 nitrogen and oxygen atoms in total. The van der Waals surface area contributed by atoms with Crippen LogP contribution in [0.25, 0.3) is 0 Å². The number of benzene rings is 1. The van der Waals surface area contributed by atoms with Crippen molar-refractivity contribution in [2.24, 2.45) is 0 Å². The summed E-state index contributed by atoms with van der Waals surface area (Å²) in [5, 5.41) is 6.71. The molecule has 1 amide bonds. The molecular formula is C16H19ClN2O4S. The van der Waals surface area contributed by atoms with Gasteiger partial charge in [-0.1, -0.05) is 30.6 Å². The number of sulfone groups is 1. The Labute approximate surface area is 146 Å². The van der Waals surface area contributed by atoms with E-state index in [0.29, 0.717) is 10.7 Å². The molecule has 2 aromatic rings. The van der Waals surface area contributed by atoms with Crippen LogP contribution < -0.4 is 5.32 Å². The van der Waals surface area contributed by atoms with Gasteiger partial charge in [-0.05, 0) is 44.0 Å². The molecule has 0 radical (unpaired) electrons. The fourth-order valence-corrected chi connectivity index (χ4v) is 3.42. The van der Waals surface area contributed by atoms with Gasteiger partial charge in [-0.2, -0.15) is 0 Å². The number of hydrogen-bond donors (Lipinski definition) is 1. The lowest BCUT2D eigenvalue weighted by Crippen LogP contribution is -2.44. The average Bonchev–Trinajstić information content (AvgIpc) is 2.96. The summed E-state index contributed by atoms with van der Waals surface area (Å²) in [6.07, 6.45) is 0. The Morgan fingerprint density at radius 1 is 1.25 bits per heavy atom. The molecule has 24 heavy (non-hydrogen) atoms. The molecule has 0 aliphatic carbocycles. The minimum Gasteiger partial charge on any atom is -0.338 e. The Balaban J connectivity index is 2.27. The summed E-state index contributed by atoms with van der Waals surface area (Å²) >= 11 is 5.78. The van der Waals surface area contributed by atoms with Crippen LogP contribution in [0, 0.1) is 0 Å². The van der Waals surface area contributed by atoms with Gasteiger partial charge in [-0.15, -0.1) is 0 Å². The zero-order valence-electron chi connectivity index (χ0n) is 13.8. The van der Waals surface area contributed by atoms with Crippen molar-refractivity contribution in [2.75, 3.05) is 5.32 Å². The SMILES string of the molecule is CC(C)c1cc(NC(=O)C(C)(C)S(=O)(=O)c2ccc(Cl)cc2)on1. The molecule has 0 saturated carbocycles. The molecule has 130 valence electrons. The van der Waals surface area contributed by atoms with E-state index >= 15 is 0 Å². The lowest BCUT2D eigenvalue weighted by molar-refractivity contribution is -0.118. The fraction of sp³-hybridized carbons (Fsp3) is 0.375. The van der Waals surface area contributed by atoms with E-state index in [9.17, 15) is 13.2 Å². The highest BCUT2D eigenvalue weighted by Gasteiger charge is 2.43. The van der Waals surface area contributed by atoms with Crippen LogP contribution in [0.1, 0.15) is 39.3 Å². The van der Waals surface area contributed by atoms with Gasteiger partial charge in [0.2, 0.25) is 11.8 Å². The van der Waals surface area contributed by atoms with Gasteiger partial charge in [0.15, 0.2) is 9.84 Å². The first-order chi connectivity index (χ1) is 11.1. The smallest absolute Gasteiger partial charge is 0.248 e. The molecule has 0 spiro atoms. The highest BCUT2D eigenvalue weighted by Crippen LogP contribution is 2.28. The molecule has 1 heterocycles. The minimum absolute atomic E-state index is 0.0208. The monoisotopic (exact) mass is 370 g/mol. The van der Waals surface area contributed by atoms with Gasteiger partial charge in [-0.25, -0.2) is 8.42 Å². The summed E-state index contributed by atoms with van der Waals surface area (Å²) < 4.78 is 28.8. The van der Waals surface area contributed by atoms with E-state index in [1.807, 2.05) is 13.8 Å². The van der Waals surface area contributed by atoms with E-state index in [-0.39, 0.29) is 16.7 Å². The first-order valence-electron chi connectivity index (χ1n) is 7.34. The summed E-state index contributed by atoms with van der Waals surface area (Å²) in [7, 11) is -3.92. The summed E-state index contributed by atoms with van der Waals surface area (Å²) in [6, 6.07) is 7.26. The highest BCUT2D eigenvalue weighted by atomic mass is 35.5. The van der Waals surface area contributed by atoms with E-state index in [0.717, 1.165) is 0 Å². The normalized spacial score (nSPS) is 12.4. The Hall–Kier alpha value is -1.86. The van der Waals surface area contributed by atoms with Crippen LogP contribution in [0.5, 0.6) is 0 Å². The third kappa shape index (κ3) is 3.47. The van der Waals surface area contributed by atoms with Crippen LogP contribution in [0.4, 0.5) is 5.88 Å². The second kappa shape index (κ2) is 6.57. The second-order valence-electron chi connectivity index (χ2n) is 6.19. The van der Waals surface area contributed by atoms with Crippen LogP contribution in [0.3, 0.4) is 0 Å². The number of anilines is 1. The number of aromatic nitrogens is 1. The minimum atomic E-state index is -3.92. The van der Waals surface area contributed by atoms with Crippen molar-refractivity contribution in [3.63, 3.8) is 0 Å². The summed E-state index contributed by atoms with van der Waals surface area (Å²) in [5.74, 6) is -0.461. The third-order valence-corrected chi connectivity index (χ3v) is 6.37. The van der Waals surface area contributed by atoms with Crippen molar-refractivity contribution in [2.45, 2.75) is 43.3 Å². The first-order valence-corrected chi connectivity index (χ1v) is 9.20. The zero-order chi connectivity index (χ0) is 18.1. The van der Waals surface area contributed by atoms with Crippen molar-refractivity contribution < 1.29 is 17.7 Å². The number of carbonyl (C=O) groups excluding carboxylic acids is 1. The van der Waals surface area contributed by atoms with Crippen molar-refractivity contribution in [1.82, 2.24) is 5.16 Å². The topological polar surface area (TPSA) is 89.3 Å². The van der Waals surface area contributed by atoms with Crippen LogP contribution in [0.2, 0.25) is 5.02 Å². The van der Waals surface area contributed by atoms with Crippen molar-refractivity contribution in [3.8, 4) is 0 Å². The molecule has 0 unspecified atom stereocenters. The van der Waals surface area contributed by atoms with E-state index in [4.69, 9.17) is 16.1 Å². The molecule has 0 aliphatic heterocycles. The Morgan fingerprint density at radius 2 is 1.83 bits per heavy atom. The van der Waals surface area contributed by atoms with Crippen molar-refractivity contribution >= 4 is 33.2 Å². The van der Waals surface area contributed by atoms with E-state index < -0.39 is 20.5 Å². The molecule has 1 aromatic carbocycles. The standard InChI is InChI=1S/C16H19ClN2O4S/c1-10(2)13-9-14(23-19-13)18-15(20)16(3,4)24(21,22)12-7-5-11(17)6-8-12/h5-10H,1-4H3,(H,18,20). The molecule has 8 heteroatoms. The largest absolute Gasteiger partial charge is 0.338 e. The molecule has 1 N–H and O–H groups in total. The summed E-state index contributed by atoms with van der Waals surface area (Å²) in [6.45, 7) is 6.54. The number of nitrogens with one attached hydrogen (secondary N) is 1. The van der Waals surface area contributed by atoms with Gasteiger partial charge < -0.3 is 4.52 Å². The maximum absolute atomic E-state index is 12.8. The average molecular weight is 371 g/mol. The van der Waals surface area contributed by atoms with Gasteiger partial charge in [0.1, 0.15) is 4.75 Å². The number of amides is 1. The third-order valence-electron chi connectivity index (χ3n) is 3.70. The molecule has 2 rings (SSSR count). The van der Waals surface area contributed by atoms with E-state index in [2.05, 4.69) is 10.5 Å². The van der Waals surface area contributed by atoms with Gasteiger partial charge in [-0.3, -0.25) is 10.1 Å². The maximum Gasteiger partial charge on any atom is 0.248 e. The number of hydrogen-bond acceptors (Lipinski definition) is 5. The van der Waals surface area contributed by atoms with Crippen LogP contribution in [-0.2, 0) is 14.6 Å². The molecule has 0 saturated heterocycles. The van der Waals surface area contributed by atoms with E-state index in [1.165, 1.54) is 38.1 Å². The Kier molecular flexibility index (Phi) is 5.05. The molecule has 0 atom stereocenters. The number of nitrogens with zero attached hydrogens (tertiary/aromatic N) is 1. The maximum atomic E-state index is 12.8. The Morgan fingerprint density at radius 3 is 2.33 bits per heavy atom. The van der Waals surface area contributed by atoms with Crippen LogP contribution in [0.15, 0.2) is 39.8 Å². The lowest BCUT2D eigenvalue weighted by Gasteiger charge is -2.23. The van der Waals surface area contributed by atoms with Crippen molar-refractivity contribution in [1.29, 1.82) is 0 Å². The number of rotatable bonds is 5. The number of carbonyl (C=O) groups is 1. The highest BCUT2D eigenvalue weighted by molar-refractivity contribution is 7.93. The molecular weight excluding hydrogens is 352 g/mol. The second-order valence-corrected chi connectivity index (χ2v) is 9.13. The number of halogens is 1. The van der Waals surface area contributed by atoms with Gasteiger partial charge in [0.25, 0.3) is 0 Å². The van der Waals surface area contributed by atoms with Crippen LogP contribution in [-0.4, -0.2) is 24.2 Å². The fourth-order valence-electron chi connectivity index (χ4n) is 1.91. The van der Waals surface area contributed by atoms with Crippen molar-refractivity contribution in [3.05, 3.63) is 41.0 Å². The predicted molar refractivity (Wildman–Crippen MR) is 91.9 cm³/mol. The van der Waals surface area contributed by atoms with Gasteiger partial charge in [0.05, 0.1) is 10.6 Å². The molecule has 0 aliphatic rings. The lowest BCUT2D eigenvalue weighted by atomic mass is 10.1. The predicted octanol–water partition coefficient (Wildman–Crippen LogP) is 3.64. The van der Waals surface area contributed by atoms with Gasteiger partial charge in [0, 0.05) is 11.1 Å². The summed E-state index contributed by atoms with van der Waals surface area (Å²) in [5.41, 5.74) is 0.670. The summed E-state index contributed by atoms with van der Waals surface area (Å²) in [4.78, 5) is 12.5. The Bertz CT molecular complexity index is 839. The first kappa shape index (κ1) is 18.5. The van der Waals surface area contributed by atoms with E-state index in [1.54, 1.807) is 6.07 Å². The zero-order valence-corrected chi connectivity index (χ0v) is 15.4. The quantitative estimate of drug-likeness (QED) is 0.867. The molecule has 1 aromatic heterocycles.